The molecule has 2 rings (SSSR count). The second-order valence-corrected chi connectivity index (χ2v) is 5.31. The van der Waals surface area contributed by atoms with Gasteiger partial charge in [0, 0.05) is 11.9 Å². The van der Waals surface area contributed by atoms with Crippen LogP contribution in [0.25, 0.3) is 0 Å². The third-order valence-electron chi connectivity index (χ3n) is 3.56. The van der Waals surface area contributed by atoms with Crippen molar-refractivity contribution in [3.8, 4) is 0 Å². The molecule has 0 aliphatic heterocycles. The molecule has 1 aromatic rings. The van der Waals surface area contributed by atoms with Crippen LogP contribution in [-0.4, -0.2) is 4.98 Å². The van der Waals surface area contributed by atoms with E-state index in [9.17, 15) is 0 Å². The fourth-order valence-corrected chi connectivity index (χ4v) is 2.76. The first-order valence-electron chi connectivity index (χ1n) is 6.09. The standard InChI is InChI=1S/C14H21N/c1-9(2)12-6-5-11-7-8-15-14(10(3)4)13(11)12/h7-10,12H,5-6H2,1-4H3. The zero-order valence-corrected chi connectivity index (χ0v) is 10.2. The Morgan fingerprint density at radius 3 is 2.60 bits per heavy atom. The molecule has 1 unspecified atom stereocenters. The molecule has 1 atom stereocenters. The molecule has 15 heavy (non-hydrogen) atoms. The van der Waals surface area contributed by atoms with Gasteiger partial charge in [-0.3, -0.25) is 4.98 Å². The molecule has 0 N–H and O–H groups in total. The molecule has 1 aromatic heterocycles. The third-order valence-corrected chi connectivity index (χ3v) is 3.56. The molecule has 0 radical (unpaired) electrons. The monoisotopic (exact) mass is 203 g/mol. The molecule has 0 bridgehead atoms. The zero-order valence-electron chi connectivity index (χ0n) is 10.2. The number of pyridine rings is 1. The van der Waals surface area contributed by atoms with Crippen LogP contribution < -0.4 is 0 Å². The van der Waals surface area contributed by atoms with Crippen LogP contribution in [-0.2, 0) is 6.42 Å². The van der Waals surface area contributed by atoms with E-state index in [4.69, 9.17) is 0 Å². The van der Waals surface area contributed by atoms with Crippen LogP contribution >= 0.6 is 0 Å². The largest absolute Gasteiger partial charge is 0.261 e. The highest BCUT2D eigenvalue weighted by atomic mass is 14.7. The smallest absolute Gasteiger partial charge is 0.0466 e. The van der Waals surface area contributed by atoms with Crippen molar-refractivity contribution in [2.75, 3.05) is 0 Å². The predicted octanol–water partition coefficient (Wildman–Crippen LogP) is 3.89. The number of rotatable bonds is 2. The second-order valence-electron chi connectivity index (χ2n) is 5.31. The molecule has 1 heterocycles. The highest BCUT2D eigenvalue weighted by Crippen LogP contribution is 2.41. The van der Waals surface area contributed by atoms with Gasteiger partial charge < -0.3 is 0 Å². The fourth-order valence-electron chi connectivity index (χ4n) is 2.76. The average Bonchev–Trinajstić information content (AvgIpc) is 2.60. The zero-order chi connectivity index (χ0) is 11.0. The third kappa shape index (κ3) is 1.80. The molecule has 0 amide bonds. The van der Waals surface area contributed by atoms with Gasteiger partial charge in [0.15, 0.2) is 0 Å². The van der Waals surface area contributed by atoms with Gasteiger partial charge in [0.05, 0.1) is 0 Å². The molecule has 0 fully saturated rings. The van der Waals surface area contributed by atoms with Crippen LogP contribution in [0.3, 0.4) is 0 Å². The highest BCUT2D eigenvalue weighted by molar-refractivity contribution is 5.39. The molecule has 0 saturated heterocycles. The lowest BCUT2D eigenvalue weighted by atomic mass is 9.87. The van der Waals surface area contributed by atoms with E-state index in [2.05, 4.69) is 38.7 Å². The number of hydrogen-bond donors (Lipinski definition) is 0. The molecule has 82 valence electrons. The van der Waals surface area contributed by atoms with Crippen LogP contribution in [0, 0.1) is 5.92 Å². The average molecular weight is 203 g/mol. The van der Waals surface area contributed by atoms with Gasteiger partial charge in [0.1, 0.15) is 0 Å². The minimum atomic E-state index is 0.555. The van der Waals surface area contributed by atoms with Gasteiger partial charge in [-0.15, -0.1) is 0 Å². The van der Waals surface area contributed by atoms with Gasteiger partial charge in [0.2, 0.25) is 0 Å². The summed E-state index contributed by atoms with van der Waals surface area (Å²) in [5.74, 6) is 2.04. The number of hydrogen-bond acceptors (Lipinski definition) is 1. The lowest BCUT2D eigenvalue weighted by Gasteiger charge is -2.20. The summed E-state index contributed by atoms with van der Waals surface area (Å²) in [5.41, 5.74) is 4.46. The summed E-state index contributed by atoms with van der Waals surface area (Å²) in [6.07, 6.45) is 4.55. The molecule has 0 saturated carbocycles. The molecule has 0 aromatic carbocycles. The first kappa shape index (κ1) is 10.7. The van der Waals surface area contributed by atoms with Crippen LogP contribution in [0.15, 0.2) is 12.3 Å². The lowest BCUT2D eigenvalue weighted by molar-refractivity contribution is 0.490. The topological polar surface area (TPSA) is 12.9 Å². The highest BCUT2D eigenvalue weighted by Gasteiger charge is 2.28. The molecule has 1 nitrogen and oxygen atoms in total. The van der Waals surface area contributed by atoms with Gasteiger partial charge in [-0.05, 0) is 47.8 Å². The number of aromatic nitrogens is 1. The minimum absolute atomic E-state index is 0.555. The van der Waals surface area contributed by atoms with Gasteiger partial charge >= 0.3 is 0 Å². The molecular weight excluding hydrogens is 182 g/mol. The minimum Gasteiger partial charge on any atom is -0.261 e. The normalized spacial score (nSPS) is 20.0. The van der Waals surface area contributed by atoms with Crippen molar-refractivity contribution in [1.82, 2.24) is 4.98 Å². The Morgan fingerprint density at radius 2 is 2.00 bits per heavy atom. The van der Waals surface area contributed by atoms with E-state index < -0.39 is 0 Å². The van der Waals surface area contributed by atoms with Gasteiger partial charge in [0.25, 0.3) is 0 Å². The van der Waals surface area contributed by atoms with Crippen LogP contribution in [0.4, 0.5) is 0 Å². The molecule has 1 aliphatic rings. The van der Waals surface area contributed by atoms with E-state index in [-0.39, 0.29) is 0 Å². The maximum absolute atomic E-state index is 4.58. The first-order valence-corrected chi connectivity index (χ1v) is 6.09. The van der Waals surface area contributed by atoms with E-state index in [0.717, 1.165) is 11.8 Å². The van der Waals surface area contributed by atoms with Crippen molar-refractivity contribution in [3.05, 3.63) is 29.1 Å². The van der Waals surface area contributed by atoms with Crippen molar-refractivity contribution in [1.29, 1.82) is 0 Å². The van der Waals surface area contributed by atoms with Gasteiger partial charge in [-0.2, -0.15) is 0 Å². The van der Waals surface area contributed by atoms with Crippen molar-refractivity contribution in [2.45, 2.75) is 52.4 Å². The maximum atomic E-state index is 4.58. The fraction of sp³-hybridized carbons (Fsp3) is 0.643. The molecule has 0 spiro atoms. The van der Waals surface area contributed by atoms with E-state index in [1.54, 1.807) is 11.1 Å². The molecule has 1 heteroatoms. The maximum Gasteiger partial charge on any atom is 0.0466 e. The van der Waals surface area contributed by atoms with Gasteiger partial charge in [-0.1, -0.05) is 27.7 Å². The predicted molar refractivity (Wildman–Crippen MR) is 64.2 cm³/mol. The van der Waals surface area contributed by atoms with Crippen molar-refractivity contribution in [3.63, 3.8) is 0 Å². The Balaban J connectivity index is 2.48. The summed E-state index contributed by atoms with van der Waals surface area (Å²) in [7, 11) is 0. The van der Waals surface area contributed by atoms with Crippen molar-refractivity contribution >= 4 is 0 Å². The SMILES string of the molecule is CC(C)c1nccc2c1C(C(C)C)CC2. The van der Waals surface area contributed by atoms with Gasteiger partial charge in [-0.25, -0.2) is 0 Å². The summed E-state index contributed by atoms with van der Waals surface area (Å²) in [6, 6.07) is 2.21. The Labute approximate surface area is 92.9 Å². The number of aryl methyl sites for hydroxylation is 1. The molecule has 1 aliphatic carbocycles. The summed E-state index contributed by atoms with van der Waals surface area (Å²) < 4.78 is 0. The Kier molecular flexibility index (Phi) is 2.81. The molecular formula is C14H21N. The van der Waals surface area contributed by atoms with E-state index in [0.29, 0.717) is 5.92 Å². The van der Waals surface area contributed by atoms with E-state index >= 15 is 0 Å². The lowest BCUT2D eigenvalue weighted by Crippen LogP contribution is -2.08. The summed E-state index contributed by atoms with van der Waals surface area (Å²) in [6.45, 7) is 9.16. The summed E-state index contributed by atoms with van der Waals surface area (Å²) >= 11 is 0. The van der Waals surface area contributed by atoms with Crippen molar-refractivity contribution in [2.24, 2.45) is 5.92 Å². The van der Waals surface area contributed by atoms with Crippen molar-refractivity contribution < 1.29 is 0 Å². The van der Waals surface area contributed by atoms with Crippen LogP contribution in [0.5, 0.6) is 0 Å². The second kappa shape index (κ2) is 3.96. The Hall–Kier alpha value is -0.850. The number of fused-ring (bicyclic) bond motifs is 1. The van der Waals surface area contributed by atoms with Crippen LogP contribution in [0.2, 0.25) is 0 Å². The van der Waals surface area contributed by atoms with E-state index in [1.807, 2.05) is 6.20 Å². The summed E-state index contributed by atoms with van der Waals surface area (Å²) in [4.78, 5) is 4.58. The number of nitrogens with zero attached hydrogens (tertiary/aromatic N) is 1. The van der Waals surface area contributed by atoms with E-state index in [1.165, 1.54) is 18.5 Å². The quantitative estimate of drug-likeness (QED) is 0.710. The Bertz CT molecular complexity index is 352. The Morgan fingerprint density at radius 1 is 1.27 bits per heavy atom. The summed E-state index contributed by atoms with van der Waals surface area (Å²) in [5, 5.41) is 0. The van der Waals surface area contributed by atoms with Crippen LogP contribution in [0.1, 0.15) is 62.8 Å². The first-order chi connectivity index (χ1) is 7.11.